The number of piperazine rings is 1. The minimum Gasteiger partial charge on any atom is -0.333 e. The van der Waals surface area contributed by atoms with Crippen molar-refractivity contribution in [2.45, 2.75) is 32.7 Å². The fourth-order valence-electron chi connectivity index (χ4n) is 3.87. The smallest absolute Gasteiger partial charge is 0.289 e. The van der Waals surface area contributed by atoms with Gasteiger partial charge >= 0.3 is 0 Å². The first-order valence-electron chi connectivity index (χ1n) is 9.98. The largest absolute Gasteiger partial charge is 0.333 e. The third kappa shape index (κ3) is 3.67. The van der Waals surface area contributed by atoms with E-state index in [2.05, 4.69) is 22.2 Å². The summed E-state index contributed by atoms with van der Waals surface area (Å²) >= 11 is 0. The van der Waals surface area contributed by atoms with Crippen molar-refractivity contribution in [3.63, 3.8) is 0 Å². The minimum atomic E-state index is -0.244. The van der Waals surface area contributed by atoms with E-state index in [9.17, 15) is 9.59 Å². The number of rotatable bonds is 3. The highest BCUT2D eigenvalue weighted by atomic mass is 16.2. The summed E-state index contributed by atoms with van der Waals surface area (Å²) in [6.07, 6.45) is 2.80. The fourth-order valence-corrected chi connectivity index (χ4v) is 3.87. The molecule has 2 aromatic rings. The summed E-state index contributed by atoms with van der Waals surface area (Å²) in [6, 6.07) is 7.68. The van der Waals surface area contributed by atoms with E-state index in [1.54, 1.807) is 0 Å². The quantitative estimate of drug-likeness (QED) is 0.885. The first-order chi connectivity index (χ1) is 13.5. The van der Waals surface area contributed by atoms with Gasteiger partial charge in [0.1, 0.15) is 0 Å². The average molecular weight is 381 g/mol. The lowest BCUT2D eigenvalue weighted by atomic mass is 10.1. The van der Waals surface area contributed by atoms with Gasteiger partial charge < -0.3 is 19.7 Å². The Labute approximate surface area is 165 Å². The number of likely N-dealkylation sites (N-methyl/N-ethyl adjacent to an activating group) is 1. The number of fused-ring (bicyclic) bond motifs is 1. The van der Waals surface area contributed by atoms with Crippen LogP contribution in [0.1, 0.15) is 45.2 Å². The zero-order valence-electron chi connectivity index (χ0n) is 16.6. The number of benzene rings is 1. The number of anilines is 1. The molecule has 1 aromatic heterocycles. The number of aromatic nitrogens is 2. The summed E-state index contributed by atoms with van der Waals surface area (Å²) in [5.74, 6) is 0.103. The first kappa shape index (κ1) is 18.7. The summed E-state index contributed by atoms with van der Waals surface area (Å²) in [5.41, 5.74) is 3.14. The minimum absolute atomic E-state index is 0.0642. The van der Waals surface area contributed by atoms with E-state index in [1.807, 2.05) is 40.7 Å². The Bertz CT molecular complexity index is 879. The summed E-state index contributed by atoms with van der Waals surface area (Å²) in [4.78, 5) is 34.6. The van der Waals surface area contributed by atoms with Crippen LogP contribution >= 0.6 is 0 Å². The molecule has 0 radical (unpaired) electrons. The van der Waals surface area contributed by atoms with Crippen molar-refractivity contribution < 1.29 is 9.59 Å². The van der Waals surface area contributed by atoms with E-state index in [0.29, 0.717) is 24.6 Å². The molecule has 0 aliphatic carbocycles. The maximum atomic E-state index is 13.1. The van der Waals surface area contributed by atoms with Gasteiger partial charge in [-0.2, -0.15) is 0 Å². The molecule has 1 aromatic carbocycles. The molecule has 1 fully saturated rings. The fraction of sp³-hybridized carbons (Fsp3) is 0.476. The SMILES string of the molecule is Cc1ccc(NC(=O)c2nc(C(=O)N3CCN(C)CC3)n3c2CCCC3)cc1. The summed E-state index contributed by atoms with van der Waals surface area (Å²) in [6.45, 7) is 5.87. The van der Waals surface area contributed by atoms with E-state index in [4.69, 9.17) is 0 Å². The first-order valence-corrected chi connectivity index (χ1v) is 9.98. The molecule has 0 atom stereocenters. The van der Waals surface area contributed by atoms with Crippen molar-refractivity contribution in [2.75, 3.05) is 38.5 Å². The van der Waals surface area contributed by atoms with Crippen LogP contribution in [0.5, 0.6) is 0 Å². The van der Waals surface area contributed by atoms with Gasteiger partial charge in [-0.1, -0.05) is 17.7 Å². The van der Waals surface area contributed by atoms with E-state index >= 15 is 0 Å². The molecule has 4 rings (SSSR count). The number of amides is 2. The van der Waals surface area contributed by atoms with Crippen LogP contribution in [0.4, 0.5) is 5.69 Å². The van der Waals surface area contributed by atoms with Gasteiger partial charge in [0, 0.05) is 38.4 Å². The van der Waals surface area contributed by atoms with E-state index in [-0.39, 0.29) is 11.8 Å². The second kappa shape index (κ2) is 7.75. The lowest BCUT2D eigenvalue weighted by Gasteiger charge is -2.32. The Morgan fingerprint density at radius 1 is 1.00 bits per heavy atom. The molecular formula is C21H27N5O2. The second-order valence-corrected chi connectivity index (χ2v) is 7.76. The molecule has 0 spiro atoms. The zero-order valence-corrected chi connectivity index (χ0v) is 16.6. The summed E-state index contributed by atoms with van der Waals surface area (Å²) in [7, 11) is 2.06. The number of hydrogen-bond donors (Lipinski definition) is 1. The van der Waals surface area contributed by atoms with Crippen LogP contribution in [-0.4, -0.2) is 64.4 Å². The topological polar surface area (TPSA) is 70.5 Å². The molecule has 2 aliphatic heterocycles. The lowest BCUT2D eigenvalue weighted by molar-refractivity contribution is 0.0645. The van der Waals surface area contributed by atoms with Crippen molar-refractivity contribution >= 4 is 17.5 Å². The van der Waals surface area contributed by atoms with E-state index < -0.39 is 0 Å². The van der Waals surface area contributed by atoms with Crippen molar-refractivity contribution in [3.05, 3.63) is 47.0 Å². The molecule has 3 heterocycles. The number of aryl methyl sites for hydroxylation is 1. The van der Waals surface area contributed by atoms with Gasteiger partial charge in [0.2, 0.25) is 0 Å². The van der Waals surface area contributed by atoms with Crippen molar-refractivity contribution in [3.8, 4) is 0 Å². The predicted octanol–water partition coefficient (Wildman–Crippen LogP) is 2.17. The zero-order chi connectivity index (χ0) is 19.7. The Hall–Kier alpha value is -2.67. The maximum absolute atomic E-state index is 13.1. The van der Waals surface area contributed by atoms with Crippen LogP contribution in [0.2, 0.25) is 0 Å². The van der Waals surface area contributed by atoms with E-state index in [0.717, 1.165) is 55.8 Å². The number of carbonyl (C=O) groups is 2. The van der Waals surface area contributed by atoms with Gasteiger partial charge in [-0.15, -0.1) is 0 Å². The molecule has 1 saturated heterocycles. The molecule has 0 saturated carbocycles. The molecule has 2 amide bonds. The highest BCUT2D eigenvalue weighted by Crippen LogP contribution is 2.23. The van der Waals surface area contributed by atoms with Crippen LogP contribution in [0, 0.1) is 6.92 Å². The van der Waals surface area contributed by atoms with Crippen molar-refractivity contribution in [2.24, 2.45) is 0 Å². The molecule has 28 heavy (non-hydrogen) atoms. The Balaban J connectivity index is 1.60. The average Bonchev–Trinajstić information content (AvgIpc) is 3.10. The van der Waals surface area contributed by atoms with Gasteiger partial charge in [0.15, 0.2) is 11.5 Å². The number of nitrogens with zero attached hydrogens (tertiary/aromatic N) is 4. The Morgan fingerprint density at radius 2 is 1.71 bits per heavy atom. The molecule has 148 valence electrons. The van der Waals surface area contributed by atoms with Gasteiger partial charge in [-0.3, -0.25) is 9.59 Å². The molecular weight excluding hydrogens is 354 g/mol. The maximum Gasteiger partial charge on any atom is 0.289 e. The third-order valence-electron chi connectivity index (χ3n) is 5.62. The van der Waals surface area contributed by atoms with Gasteiger partial charge in [0.05, 0.1) is 5.69 Å². The molecule has 1 N–H and O–H groups in total. The highest BCUT2D eigenvalue weighted by Gasteiger charge is 2.30. The van der Waals surface area contributed by atoms with Crippen molar-refractivity contribution in [1.82, 2.24) is 19.4 Å². The molecule has 2 aliphatic rings. The number of hydrogen-bond acceptors (Lipinski definition) is 4. The molecule has 7 heteroatoms. The Kier molecular flexibility index (Phi) is 5.17. The standard InChI is InChI=1S/C21H27N5O2/c1-15-6-8-16(9-7-15)22-20(27)18-17-5-3-4-10-26(17)19(23-18)21(28)25-13-11-24(2)12-14-25/h6-9H,3-5,10-14H2,1-2H3,(H,22,27). The monoisotopic (exact) mass is 381 g/mol. The molecule has 0 bridgehead atoms. The van der Waals surface area contributed by atoms with Crippen LogP contribution in [0.15, 0.2) is 24.3 Å². The Morgan fingerprint density at radius 3 is 2.43 bits per heavy atom. The number of nitrogens with one attached hydrogen (secondary N) is 1. The molecule has 7 nitrogen and oxygen atoms in total. The number of carbonyl (C=O) groups excluding carboxylic acids is 2. The van der Waals surface area contributed by atoms with Gasteiger partial charge in [-0.25, -0.2) is 4.98 Å². The van der Waals surface area contributed by atoms with Gasteiger partial charge in [0.25, 0.3) is 11.8 Å². The summed E-state index contributed by atoms with van der Waals surface area (Å²) in [5, 5.41) is 2.93. The third-order valence-corrected chi connectivity index (χ3v) is 5.62. The van der Waals surface area contributed by atoms with Crippen LogP contribution in [-0.2, 0) is 13.0 Å². The number of imidazole rings is 1. The van der Waals surface area contributed by atoms with Crippen molar-refractivity contribution in [1.29, 1.82) is 0 Å². The van der Waals surface area contributed by atoms with E-state index in [1.165, 1.54) is 0 Å². The normalized spacial score (nSPS) is 17.3. The summed E-state index contributed by atoms with van der Waals surface area (Å²) < 4.78 is 1.97. The van der Waals surface area contributed by atoms with Crippen LogP contribution in [0.25, 0.3) is 0 Å². The van der Waals surface area contributed by atoms with Gasteiger partial charge in [-0.05, 0) is 45.4 Å². The lowest BCUT2D eigenvalue weighted by Crippen LogP contribution is -2.47. The van der Waals surface area contributed by atoms with Crippen LogP contribution < -0.4 is 5.32 Å². The molecule has 0 unspecified atom stereocenters. The highest BCUT2D eigenvalue weighted by molar-refractivity contribution is 6.05. The predicted molar refractivity (Wildman–Crippen MR) is 108 cm³/mol. The van der Waals surface area contributed by atoms with Crippen LogP contribution in [0.3, 0.4) is 0 Å². The second-order valence-electron chi connectivity index (χ2n) is 7.76.